The molecule has 1 heterocycles. The molecule has 6 heteroatoms. The Morgan fingerprint density at radius 3 is 2.68 bits per heavy atom. The quantitative estimate of drug-likeness (QED) is 0.446. The summed E-state index contributed by atoms with van der Waals surface area (Å²) in [5, 5.41) is 15.9. The molecule has 0 aliphatic rings. The van der Waals surface area contributed by atoms with Gasteiger partial charge in [-0.3, -0.25) is 0 Å². The van der Waals surface area contributed by atoms with Gasteiger partial charge in [0.25, 0.3) is 0 Å². The highest BCUT2D eigenvalue weighted by atomic mass is 79.9. The predicted octanol–water partition coefficient (Wildman–Crippen LogP) is 3.61. The number of aliphatic imine (C=N–C) groups is 1. The highest BCUT2D eigenvalue weighted by molar-refractivity contribution is 9.11. The maximum absolute atomic E-state index is 9.20. The first-order valence-corrected chi connectivity index (χ1v) is 9.53. The van der Waals surface area contributed by atoms with Gasteiger partial charge in [-0.2, -0.15) is 0 Å². The molecule has 0 spiro atoms. The zero-order chi connectivity index (χ0) is 16.4. The number of hydrogen-bond donors (Lipinski definition) is 3. The standard InChI is InChI=1S/C16H28BrN3OS/c1-4-18-16(20-11-14-5-6-15(17)22-14)19-10-13(7-8-21)9-12(2)3/h5-6,12-13,21H,4,7-11H2,1-3H3,(H2,18,19,20). The van der Waals surface area contributed by atoms with Gasteiger partial charge in [0.2, 0.25) is 0 Å². The van der Waals surface area contributed by atoms with Crippen LogP contribution in [-0.4, -0.2) is 30.8 Å². The van der Waals surface area contributed by atoms with E-state index in [4.69, 9.17) is 0 Å². The number of rotatable bonds is 9. The van der Waals surface area contributed by atoms with Crippen LogP contribution in [0.15, 0.2) is 20.9 Å². The number of aliphatic hydroxyl groups is 1. The van der Waals surface area contributed by atoms with Crippen molar-refractivity contribution < 1.29 is 5.11 Å². The number of aliphatic hydroxyl groups excluding tert-OH is 1. The van der Waals surface area contributed by atoms with E-state index in [0.29, 0.717) is 18.4 Å². The second-order valence-electron chi connectivity index (χ2n) is 5.79. The molecule has 1 atom stereocenters. The number of hydrogen-bond acceptors (Lipinski definition) is 3. The second-order valence-corrected chi connectivity index (χ2v) is 8.34. The molecule has 0 radical (unpaired) electrons. The fourth-order valence-corrected chi connectivity index (χ4v) is 3.74. The fourth-order valence-electron chi connectivity index (χ4n) is 2.33. The van der Waals surface area contributed by atoms with Crippen molar-refractivity contribution in [3.8, 4) is 0 Å². The fraction of sp³-hybridized carbons (Fsp3) is 0.688. The van der Waals surface area contributed by atoms with Crippen LogP contribution >= 0.6 is 27.3 Å². The Hall–Kier alpha value is -0.590. The molecule has 1 unspecified atom stereocenters. The van der Waals surface area contributed by atoms with E-state index in [2.05, 4.69) is 64.5 Å². The van der Waals surface area contributed by atoms with Gasteiger partial charge in [-0.1, -0.05) is 13.8 Å². The first-order chi connectivity index (χ1) is 10.5. The maximum Gasteiger partial charge on any atom is 0.191 e. The minimum Gasteiger partial charge on any atom is -0.396 e. The van der Waals surface area contributed by atoms with E-state index < -0.39 is 0 Å². The molecule has 1 aromatic heterocycles. The van der Waals surface area contributed by atoms with E-state index in [1.807, 2.05) is 0 Å². The minimum atomic E-state index is 0.246. The average molecular weight is 390 g/mol. The first kappa shape index (κ1) is 19.5. The monoisotopic (exact) mass is 389 g/mol. The van der Waals surface area contributed by atoms with Crippen molar-refractivity contribution in [2.45, 2.75) is 40.2 Å². The van der Waals surface area contributed by atoms with Crippen LogP contribution in [0.3, 0.4) is 0 Å². The predicted molar refractivity (Wildman–Crippen MR) is 99.5 cm³/mol. The Bertz CT molecular complexity index is 448. The molecular formula is C16H28BrN3OS. The van der Waals surface area contributed by atoms with E-state index >= 15 is 0 Å². The van der Waals surface area contributed by atoms with Crippen molar-refractivity contribution in [3.05, 3.63) is 20.8 Å². The lowest BCUT2D eigenvalue weighted by molar-refractivity contribution is 0.243. The highest BCUT2D eigenvalue weighted by Gasteiger charge is 2.11. The molecule has 3 N–H and O–H groups in total. The van der Waals surface area contributed by atoms with Crippen molar-refractivity contribution >= 4 is 33.2 Å². The van der Waals surface area contributed by atoms with Gasteiger partial charge in [0, 0.05) is 24.6 Å². The van der Waals surface area contributed by atoms with Crippen LogP contribution in [0.2, 0.25) is 0 Å². The van der Waals surface area contributed by atoms with Gasteiger partial charge in [0.05, 0.1) is 10.3 Å². The smallest absolute Gasteiger partial charge is 0.191 e. The molecule has 4 nitrogen and oxygen atoms in total. The molecule has 0 amide bonds. The van der Waals surface area contributed by atoms with Crippen LogP contribution in [0.25, 0.3) is 0 Å². The molecule has 0 fully saturated rings. The van der Waals surface area contributed by atoms with Crippen LogP contribution in [0.4, 0.5) is 0 Å². The highest BCUT2D eigenvalue weighted by Crippen LogP contribution is 2.22. The third-order valence-corrected chi connectivity index (χ3v) is 4.87. The number of nitrogens with one attached hydrogen (secondary N) is 2. The molecule has 126 valence electrons. The summed E-state index contributed by atoms with van der Waals surface area (Å²) in [4.78, 5) is 5.86. The number of guanidine groups is 1. The molecule has 0 saturated heterocycles. The van der Waals surface area contributed by atoms with Crippen molar-refractivity contribution in [1.29, 1.82) is 0 Å². The number of nitrogens with zero attached hydrogens (tertiary/aromatic N) is 1. The van der Waals surface area contributed by atoms with Gasteiger partial charge in [0.15, 0.2) is 5.96 Å². The van der Waals surface area contributed by atoms with Crippen molar-refractivity contribution in [3.63, 3.8) is 0 Å². The summed E-state index contributed by atoms with van der Waals surface area (Å²) >= 11 is 5.18. The minimum absolute atomic E-state index is 0.246. The number of halogens is 1. The summed E-state index contributed by atoms with van der Waals surface area (Å²) < 4.78 is 1.13. The molecule has 1 aromatic rings. The molecular weight excluding hydrogens is 362 g/mol. The molecule has 0 bridgehead atoms. The van der Waals surface area contributed by atoms with Crippen molar-refractivity contribution in [1.82, 2.24) is 10.6 Å². The topological polar surface area (TPSA) is 56.7 Å². The molecule has 0 saturated carbocycles. The van der Waals surface area contributed by atoms with Crippen molar-refractivity contribution in [2.75, 3.05) is 19.7 Å². The number of thiophene rings is 1. The normalized spacial score (nSPS) is 13.5. The molecule has 0 aliphatic carbocycles. The summed E-state index contributed by atoms with van der Waals surface area (Å²) in [7, 11) is 0. The SMILES string of the molecule is CCNC(=NCc1ccc(Br)s1)NCC(CCO)CC(C)C. The summed E-state index contributed by atoms with van der Waals surface area (Å²) in [5.74, 6) is 1.96. The summed E-state index contributed by atoms with van der Waals surface area (Å²) in [6.07, 6.45) is 1.95. The Balaban J connectivity index is 2.54. The Morgan fingerprint density at radius 1 is 1.36 bits per heavy atom. The van der Waals surface area contributed by atoms with Crippen molar-refractivity contribution in [2.24, 2.45) is 16.8 Å². The lowest BCUT2D eigenvalue weighted by Crippen LogP contribution is -2.40. The van der Waals surface area contributed by atoms with E-state index in [-0.39, 0.29) is 6.61 Å². The first-order valence-electron chi connectivity index (χ1n) is 7.92. The Kier molecular flexibility index (Phi) is 9.75. The summed E-state index contributed by atoms with van der Waals surface area (Å²) in [6.45, 7) is 9.12. The molecule has 1 rings (SSSR count). The lowest BCUT2D eigenvalue weighted by atomic mass is 9.94. The van der Waals surface area contributed by atoms with Crippen LogP contribution < -0.4 is 10.6 Å². The van der Waals surface area contributed by atoms with Gasteiger partial charge in [-0.15, -0.1) is 11.3 Å². The van der Waals surface area contributed by atoms with E-state index in [0.717, 1.165) is 35.7 Å². The van der Waals surface area contributed by atoms with Crippen LogP contribution in [0.1, 0.15) is 38.5 Å². The summed E-state index contributed by atoms with van der Waals surface area (Å²) in [6, 6.07) is 4.14. The molecule has 0 aromatic carbocycles. The largest absolute Gasteiger partial charge is 0.396 e. The second kappa shape index (κ2) is 11.0. The van der Waals surface area contributed by atoms with Gasteiger partial charge in [0.1, 0.15) is 0 Å². The average Bonchev–Trinajstić information content (AvgIpc) is 2.87. The van der Waals surface area contributed by atoms with E-state index in [9.17, 15) is 5.11 Å². The van der Waals surface area contributed by atoms with Crippen LogP contribution in [0.5, 0.6) is 0 Å². The van der Waals surface area contributed by atoms with Gasteiger partial charge in [-0.05, 0) is 59.7 Å². The Morgan fingerprint density at radius 2 is 2.14 bits per heavy atom. The zero-order valence-corrected chi connectivity index (χ0v) is 16.1. The third-order valence-electron chi connectivity index (χ3n) is 3.27. The van der Waals surface area contributed by atoms with Gasteiger partial charge in [-0.25, -0.2) is 4.99 Å². The lowest BCUT2D eigenvalue weighted by Gasteiger charge is -2.20. The molecule has 0 aliphatic heterocycles. The maximum atomic E-state index is 9.20. The van der Waals surface area contributed by atoms with E-state index in [1.165, 1.54) is 4.88 Å². The van der Waals surface area contributed by atoms with Gasteiger partial charge < -0.3 is 15.7 Å². The summed E-state index contributed by atoms with van der Waals surface area (Å²) in [5.41, 5.74) is 0. The third kappa shape index (κ3) is 8.15. The van der Waals surface area contributed by atoms with Crippen LogP contribution in [-0.2, 0) is 6.54 Å². The molecule has 22 heavy (non-hydrogen) atoms. The van der Waals surface area contributed by atoms with Crippen LogP contribution in [0, 0.1) is 11.8 Å². The Labute approximate surface area is 146 Å². The van der Waals surface area contributed by atoms with Gasteiger partial charge >= 0.3 is 0 Å². The zero-order valence-electron chi connectivity index (χ0n) is 13.7. The van der Waals surface area contributed by atoms with E-state index in [1.54, 1.807) is 11.3 Å².